The average molecular weight is 159 g/mol. The van der Waals surface area contributed by atoms with Gasteiger partial charge >= 0.3 is 0 Å². The van der Waals surface area contributed by atoms with E-state index >= 15 is 0 Å². The van der Waals surface area contributed by atoms with Gasteiger partial charge in [-0.3, -0.25) is 0 Å². The number of hydrogen-bond acceptors (Lipinski definition) is 1. The van der Waals surface area contributed by atoms with E-state index in [9.17, 15) is 0 Å². The molecule has 1 aliphatic heterocycles. The molecule has 0 saturated carbocycles. The Balaban J connectivity index is 2.57. The molecule has 0 atom stereocenters. The van der Waals surface area contributed by atoms with E-state index in [0.29, 0.717) is 0 Å². The van der Waals surface area contributed by atoms with Crippen LogP contribution in [0.25, 0.3) is 0 Å². The van der Waals surface area contributed by atoms with Crippen molar-refractivity contribution in [1.82, 2.24) is 5.32 Å². The zero-order chi connectivity index (χ0) is 5.11. The van der Waals surface area contributed by atoms with Crippen molar-refractivity contribution in [2.45, 2.75) is 0 Å². The van der Waals surface area contributed by atoms with Gasteiger partial charge < -0.3 is 5.32 Å². The van der Waals surface area contributed by atoms with E-state index in [0.717, 1.165) is 11.2 Å². The van der Waals surface area contributed by atoms with Gasteiger partial charge in [0.25, 0.3) is 0 Å². The topological polar surface area (TPSA) is 12.0 Å². The predicted octanol–water partition coefficient (Wildman–Crippen LogP) is 1.19. The lowest BCUT2D eigenvalue weighted by atomic mass is 10.4. The second-order valence-corrected chi connectivity index (χ2v) is 2.03. The molecule has 0 spiro atoms. The molecular formula is C5H5BrN. The van der Waals surface area contributed by atoms with Crippen molar-refractivity contribution in [2.24, 2.45) is 0 Å². The second kappa shape index (κ2) is 2.17. The molecular weight excluding hydrogens is 154 g/mol. The van der Waals surface area contributed by atoms with Crippen molar-refractivity contribution in [1.29, 1.82) is 0 Å². The van der Waals surface area contributed by atoms with Crippen LogP contribution in [0.15, 0.2) is 16.8 Å². The van der Waals surface area contributed by atoms with E-state index in [1.54, 1.807) is 0 Å². The summed E-state index contributed by atoms with van der Waals surface area (Å²) in [7, 11) is 0. The number of halogens is 1. The van der Waals surface area contributed by atoms with Crippen LogP contribution in [-0.4, -0.2) is 6.54 Å². The summed E-state index contributed by atoms with van der Waals surface area (Å²) in [6.07, 6.45) is 6.82. The molecule has 0 aromatic heterocycles. The smallest absolute Gasteiger partial charge is 0.0862 e. The Morgan fingerprint density at radius 3 is 3.00 bits per heavy atom. The van der Waals surface area contributed by atoms with Crippen LogP contribution in [-0.2, 0) is 0 Å². The number of rotatable bonds is 0. The third kappa shape index (κ3) is 1.35. The fourth-order valence-electron chi connectivity index (χ4n) is 0.391. The van der Waals surface area contributed by atoms with Gasteiger partial charge in [-0.15, -0.1) is 0 Å². The fourth-order valence-corrected chi connectivity index (χ4v) is 0.685. The first-order valence-corrected chi connectivity index (χ1v) is 2.87. The van der Waals surface area contributed by atoms with E-state index < -0.39 is 0 Å². The summed E-state index contributed by atoms with van der Waals surface area (Å²) in [6, 6.07) is 0. The minimum Gasteiger partial charge on any atom is -0.375 e. The Kier molecular flexibility index (Phi) is 1.52. The van der Waals surface area contributed by atoms with Crippen molar-refractivity contribution in [2.75, 3.05) is 6.54 Å². The minimum absolute atomic E-state index is 0.910. The summed E-state index contributed by atoms with van der Waals surface area (Å²) in [6.45, 7) is 0.910. The quantitative estimate of drug-likeness (QED) is 0.523. The fraction of sp³-hybridized carbons (Fsp3) is 0.200. The van der Waals surface area contributed by atoms with Crippen molar-refractivity contribution in [3.05, 3.63) is 22.8 Å². The molecule has 0 saturated heterocycles. The zero-order valence-electron chi connectivity index (χ0n) is 3.74. The lowest BCUT2D eigenvalue weighted by Crippen LogP contribution is -2.10. The summed E-state index contributed by atoms with van der Waals surface area (Å²) >= 11 is 3.23. The van der Waals surface area contributed by atoms with Gasteiger partial charge in [-0.25, -0.2) is 0 Å². The van der Waals surface area contributed by atoms with Crippen LogP contribution in [0.2, 0.25) is 0 Å². The molecule has 1 radical (unpaired) electrons. The third-order valence-electron chi connectivity index (χ3n) is 0.703. The maximum absolute atomic E-state index is 3.23. The first kappa shape index (κ1) is 4.91. The molecule has 0 aromatic rings. The maximum Gasteiger partial charge on any atom is 0.0862 e. The molecule has 1 aliphatic rings. The Labute approximate surface area is 51.2 Å². The van der Waals surface area contributed by atoms with Crippen molar-refractivity contribution in [3.8, 4) is 0 Å². The molecule has 37 valence electrons. The van der Waals surface area contributed by atoms with Gasteiger partial charge in [-0.1, -0.05) is 12.2 Å². The maximum atomic E-state index is 3.23. The van der Waals surface area contributed by atoms with E-state index in [1.807, 2.05) is 12.2 Å². The lowest BCUT2D eigenvalue weighted by molar-refractivity contribution is 0.953. The Hall–Kier alpha value is -0.240. The van der Waals surface area contributed by atoms with Crippen LogP contribution >= 0.6 is 15.9 Å². The molecule has 2 heteroatoms. The Bertz CT molecular complexity index is 115. The molecule has 7 heavy (non-hydrogen) atoms. The van der Waals surface area contributed by atoms with Crippen molar-refractivity contribution < 1.29 is 0 Å². The van der Waals surface area contributed by atoms with Gasteiger partial charge in [0.1, 0.15) is 0 Å². The SMILES string of the molecule is BrC1=[C]C=CCN1. The molecule has 1 rings (SSSR count). The van der Waals surface area contributed by atoms with Gasteiger partial charge in [-0.05, 0) is 15.9 Å². The second-order valence-electron chi connectivity index (χ2n) is 1.24. The van der Waals surface area contributed by atoms with Gasteiger partial charge in [0, 0.05) is 12.6 Å². The van der Waals surface area contributed by atoms with Gasteiger partial charge in [-0.2, -0.15) is 0 Å². The van der Waals surface area contributed by atoms with Crippen LogP contribution in [0.1, 0.15) is 0 Å². The van der Waals surface area contributed by atoms with E-state index in [2.05, 4.69) is 27.3 Å². The highest BCUT2D eigenvalue weighted by Crippen LogP contribution is 2.00. The van der Waals surface area contributed by atoms with Gasteiger partial charge in [0.05, 0.1) is 4.61 Å². The zero-order valence-corrected chi connectivity index (χ0v) is 5.33. The summed E-state index contributed by atoms with van der Waals surface area (Å²) < 4.78 is 0.940. The average Bonchev–Trinajstić information content (AvgIpc) is 1.69. The molecule has 0 bridgehead atoms. The van der Waals surface area contributed by atoms with E-state index in [4.69, 9.17) is 0 Å². The Morgan fingerprint density at radius 2 is 2.71 bits per heavy atom. The van der Waals surface area contributed by atoms with E-state index in [-0.39, 0.29) is 0 Å². The number of dihydropyridines is 1. The van der Waals surface area contributed by atoms with Gasteiger partial charge in [0.2, 0.25) is 0 Å². The normalized spacial score (nSPS) is 18.1. The Morgan fingerprint density at radius 1 is 1.86 bits per heavy atom. The summed E-state index contributed by atoms with van der Waals surface area (Å²) in [5.74, 6) is 0. The number of hydrogen-bond donors (Lipinski definition) is 1. The first-order valence-electron chi connectivity index (χ1n) is 2.07. The molecule has 1 N–H and O–H groups in total. The minimum atomic E-state index is 0.910. The molecule has 1 nitrogen and oxygen atoms in total. The molecule has 1 heterocycles. The van der Waals surface area contributed by atoms with Crippen LogP contribution in [0.3, 0.4) is 0 Å². The van der Waals surface area contributed by atoms with Crippen LogP contribution < -0.4 is 5.32 Å². The van der Waals surface area contributed by atoms with Crippen LogP contribution in [0, 0.1) is 6.08 Å². The monoisotopic (exact) mass is 158 g/mol. The largest absolute Gasteiger partial charge is 0.375 e. The molecule has 0 aliphatic carbocycles. The predicted molar refractivity (Wildman–Crippen MR) is 32.8 cm³/mol. The summed E-state index contributed by atoms with van der Waals surface area (Å²) in [5.41, 5.74) is 0. The molecule has 0 aromatic carbocycles. The molecule has 0 unspecified atom stereocenters. The summed E-state index contributed by atoms with van der Waals surface area (Å²) in [4.78, 5) is 0. The lowest BCUT2D eigenvalue weighted by Gasteiger charge is -2.01. The highest BCUT2D eigenvalue weighted by atomic mass is 79.9. The standard InChI is InChI=1S/C5H5BrN/c6-5-3-1-2-4-7-5/h1-2,7H,4H2. The number of allylic oxidation sites excluding steroid dienone is 2. The summed E-state index contributed by atoms with van der Waals surface area (Å²) in [5, 5.41) is 3.02. The van der Waals surface area contributed by atoms with Crippen molar-refractivity contribution >= 4 is 15.9 Å². The highest BCUT2D eigenvalue weighted by molar-refractivity contribution is 9.11. The van der Waals surface area contributed by atoms with E-state index in [1.165, 1.54) is 0 Å². The first-order chi connectivity index (χ1) is 3.39. The number of nitrogens with one attached hydrogen (secondary N) is 1. The molecule has 0 amide bonds. The highest BCUT2D eigenvalue weighted by Gasteiger charge is 1.88. The van der Waals surface area contributed by atoms with Gasteiger partial charge in [0.15, 0.2) is 0 Å². The molecule has 0 fully saturated rings. The van der Waals surface area contributed by atoms with Crippen LogP contribution in [0.4, 0.5) is 0 Å². The third-order valence-corrected chi connectivity index (χ3v) is 1.21. The van der Waals surface area contributed by atoms with Crippen molar-refractivity contribution in [3.63, 3.8) is 0 Å². The van der Waals surface area contributed by atoms with Crippen LogP contribution in [0.5, 0.6) is 0 Å².